The monoisotopic (exact) mass is 261 g/mol. The van der Waals surface area contributed by atoms with E-state index in [0.717, 1.165) is 34.9 Å². The number of imidazole rings is 1. The normalized spacial score (nSPS) is 14.3. The van der Waals surface area contributed by atoms with Gasteiger partial charge in [0.15, 0.2) is 11.5 Å². The Morgan fingerprint density at radius 2 is 1.95 bits per heavy atom. The number of fused-ring (bicyclic) bond motifs is 2. The summed E-state index contributed by atoms with van der Waals surface area (Å²) in [5.74, 6) is 2.62. The molecule has 0 radical (unpaired) electrons. The van der Waals surface area contributed by atoms with Crippen LogP contribution in [0.25, 0.3) is 11.0 Å². The molecule has 0 bridgehead atoms. The lowest BCUT2D eigenvalue weighted by atomic mass is 10.2. The highest BCUT2D eigenvalue weighted by molar-refractivity contribution is 5.80. The molecule has 0 atom stereocenters. The third-order valence-electron chi connectivity index (χ3n) is 3.31. The van der Waals surface area contributed by atoms with Crippen LogP contribution >= 0.6 is 0 Å². The number of nitrogens with one attached hydrogen (secondary N) is 1. The minimum Gasteiger partial charge on any atom is -0.486 e. The maximum absolute atomic E-state index is 5.61. The number of aromatic nitrogens is 2. The molecule has 1 aliphatic rings. The van der Waals surface area contributed by atoms with Crippen molar-refractivity contribution in [3.63, 3.8) is 0 Å². The Balaban J connectivity index is 2.00. The van der Waals surface area contributed by atoms with E-state index in [1.54, 1.807) is 0 Å². The predicted octanol–water partition coefficient (Wildman–Crippen LogP) is 1.84. The maximum Gasteiger partial charge on any atom is 0.163 e. The van der Waals surface area contributed by atoms with Crippen LogP contribution in [0, 0.1) is 0 Å². The average molecular weight is 261 g/mol. The fourth-order valence-electron chi connectivity index (χ4n) is 2.23. The summed E-state index contributed by atoms with van der Waals surface area (Å²) in [6, 6.07) is 4.41. The van der Waals surface area contributed by atoms with Gasteiger partial charge in [-0.25, -0.2) is 4.98 Å². The van der Waals surface area contributed by atoms with Crippen molar-refractivity contribution in [3.05, 3.63) is 18.0 Å². The van der Waals surface area contributed by atoms with Gasteiger partial charge < -0.3 is 19.4 Å². The summed E-state index contributed by atoms with van der Waals surface area (Å²) in [4.78, 5) is 4.66. The van der Waals surface area contributed by atoms with Crippen molar-refractivity contribution in [2.75, 3.05) is 13.2 Å². The molecule has 0 saturated carbocycles. The van der Waals surface area contributed by atoms with Gasteiger partial charge >= 0.3 is 0 Å². The molecule has 0 amide bonds. The first-order valence-corrected chi connectivity index (χ1v) is 6.63. The van der Waals surface area contributed by atoms with Crippen LogP contribution < -0.4 is 14.8 Å². The summed E-state index contributed by atoms with van der Waals surface area (Å²) in [5, 5.41) is 3.39. The van der Waals surface area contributed by atoms with Gasteiger partial charge in [-0.3, -0.25) is 0 Å². The number of benzene rings is 1. The van der Waals surface area contributed by atoms with E-state index in [0.29, 0.717) is 19.3 Å². The molecule has 0 saturated heterocycles. The van der Waals surface area contributed by atoms with Crippen LogP contribution in [0.4, 0.5) is 0 Å². The molecule has 19 heavy (non-hydrogen) atoms. The highest BCUT2D eigenvalue weighted by Gasteiger charge is 2.16. The van der Waals surface area contributed by atoms with Gasteiger partial charge in [0, 0.05) is 25.2 Å². The average Bonchev–Trinajstić information content (AvgIpc) is 2.70. The molecule has 1 aliphatic heterocycles. The molecule has 0 spiro atoms. The molecule has 5 nitrogen and oxygen atoms in total. The summed E-state index contributed by atoms with van der Waals surface area (Å²) >= 11 is 0. The van der Waals surface area contributed by atoms with E-state index in [-0.39, 0.29) is 0 Å². The highest BCUT2D eigenvalue weighted by atomic mass is 16.6. The maximum atomic E-state index is 5.61. The molecule has 5 heteroatoms. The molecule has 3 rings (SSSR count). The quantitative estimate of drug-likeness (QED) is 0.916. The van der Waals surface area contributed by atoms with Gasteiger partial charge in [-0.05, 0) is 0 Å². The SMILES string of the molecule is CC(C)NCc1nc2cc3c(cc2n1C)OCCO3. The van der Waals surface area contributed by atoms with Crippen LogP contribution in [0.5, 0.6) is 11.5 Å². The molecule has 2 heterocycles. The Labute approximate surface area is 112 Å². The van der Waals surface area contributed by atoms with Crippen LogP contribution in [0.15, 0.2) is 12.1 Å². The van der Waals surface area contributed by atoms with Crippen molar-refractivity contribution < 1.29 is 9.47 Å². The Morgan fingerprint density at radius 1 is 1.26 bits per heavy atom. The van der Waals surface area contributed by atoms with Crippen molar-refractivity contribution in [3.8, 4) is 11.5 Å². The summed E-state index contributed by atoms with van der Waals surface area (Å²) in [6.45, 7) is 6.23. The number of hydrogen-bond acceptors (Lipinski definition) is 4. The van der Waals surface area contributed by atoms with E-state index in [1.165, 1.54) is 0 Å². The molecule has 0 aliphatic carbocycles. The van der Waals surface area contributed by atoms with Crippen LogP contribution in [0.3, 0.4) is 0 Å². The topological polar surface area (TPSA) is 48.3 Å². The van der Waals surface area contributed by atoms with Gasteiger partial charge in [-0.15, -0.1) is 0 Å². The predicted molar refractivity (Wildman–Crippen MR) is 73.7 cm³/mol. The second-order valence-corrected chi connectivity index (χ2v) is 5.11. The van der Waals surface area contributed by atoms with E-state index in [9.17, 15) is 0 Å². The molecule has 1 aromatic heterocycles. The minimum absolute atomic E-state index is 0.444. The number of ether oxygens (including phenoxy) is 2. The van der Waals surface area contributed by atoms with Crippen molar-refractivity contribution in [2.24, 2.45) is 7.05 Å². The van der Waals surface area contributed by atoms with Gasteiger partial charge in [0.25, 0.3) is 0 Å². The summed E-state index contributed by atoms with van der Waals surface area (Å²) in [5.41, 5.74) is 2.03. The first kappa shape index (κ1) is 12.3. The summed E-state index contributed by atoms with van der Waals surface area (Å²) in [6.07, 6.45) is 0. The molecule has 2 aromatic rings. The van der Waals surface area contributed by atoms with Crippen molar-refractivity contribution in [2.45, 2.75) is 26.4 Å². The lowest BCUT2D eigenvalue weighted by Gasteiger charge is -2.18. The number of hydrogen-bond donors (Lipinski definition) is 1. The van der Waals surface area contributed by atoms with E-state index < -0.39 is 0 Å². The fourth-order valence-corrected chi connectivity index (χ4v) is 2.23. The van der Waals surface area contributed by atoms with E-state index >= 15 is 0 Å². The first-order chi connectivity index (χ1) is 9.15. The van der Waals surface area contributed by atoms with E-state index in [1.807, 2.05) is 19.2 Å². The van der Waals surface area contributed by atoms with E-state index in [2.05, 4.69) is 28.7 Å². The Morgan fingerprint density at radius 3 is 2.63 bits per heavy atom. The molecule has 1 aromatic carbocycles. The first-order valence-electron chi connectivity index (χ1n) is 6.63. The van der Waals surface area contributed by atoms with Crippen molar-refractivity contribution in [1.29, 1.82) is 0 Å². The van der Waals surface area contributed by atoms with Gasteiger partial charge in [0.05, 0.1) is 17.6 Å². The third kappa shape index (κ3) is 2.26. The Kier molecular flexibility index (Phi) is 3.06. The zero-order valence-electron chi connectivity index (χ0n) is 11.6. The van der Waals surface area contributed by atoms with Gasteiger partial charge in [-0.1, -0.05) is 13.8 Å². The Hall–Kier alpha value is -1.75. The van der Waals surface area contributed by atoms with Crippen LogP contribution in [0.1, 0.15) is 19.7 Å². The lowest BCUT2D eigenvalue weighted by molar-refractivity contribution is 0.172. The van der Waals surface area contributed by atoms with Crippen LogP contribution in [-0.4, -0.2) is 28.8 Å². The number of nitrogens with zero attached hydrogens (tertiary/aromatic N) is 2. The molecule has 102 valence electrons. The largest absolute Gasteiger partial charge is 0.486 e. The molecule has 0 unspecified atom stereocenters. The number of rotatable bonds is 3. The van der Waals surface area contributed by atoms with Gasteiger partial charge in [0.2, 0.25) is 0 Å². The summed E-state index contributed by atoms with van der Waals surface area (Å²) in [7, 11) is 2.03. The lowest BCUT2D eigenvalue weighted by Crippen LogP contribution is -2.23. The smallest absolute Gasteiger partial charge is 0.163 e. The molecule has 1 N–H and O–H groups in total. The van der Waals surface area contributed by atoms with Gasteiger partial charge in [0.1, 0.15) is 19.0 Å². The molecular weight excluding hydrogens is 242 g/mol. The second kappa shape index (κ2) is 4.74. The van der Waals surface area contributed by atoms with Crippen molar-refractivity contribution in [1.82, 2.24) is 14.9 Å². The van der Waals surface area contributed by atoms with E-state index in [4.69, 9.17) is 9.47 Å². The second-order valence-electron chi connectivity index (χ2n) is 5.11. The minimum atomic E-state index is 0.444. The standard InChI is InChI=1S/C14H19N3O2/c1-9(2)15-8-14-16-10-6-12-13(19-5-4-18-12)7-11(10)17(14)3/h6-7,9,15H,4-5,8H2,1-3H3. The molecule has 0 fully saturated rings. The van der Waals surface area contributed by atoms with Crippen LogP contribution in [-0.2, 0) is 13.6 Å². The van der Waals surface area contributed by atoms with Crippen molar-refractivity contribution >= 4 is 11.0 Å². The fraction of sp³-hybridized carbons (Fsp3) is 0.500. The summed E-state index contributed by atoms with van der Waals surface area (Å²) < 4.78 is 13.3. The third-order valence-corrected chi connectivity index (χ3v) is 3.31. The molecular formula is C14H19N3O2. The highest BCUT2D eigenvalue weighted by Crippen LogP contribution is 2.34. The zero-order chi connectivity index (χ0) is 13.4. The van der Waals surface area contributed by atoms with Crippen LogP contribution in [0.2, 0.25) is 0 Å². The zero-order valence-corrected chi connectivity index (χ0v) is 11.6. The Bertz CT molecular complexity index is 604. The number of aryl methyl sites for hydroxylation is 1. The van der Waals surface area contributed by atoms with Gasteiger partial charge in [-0.2, -0.15) is 0 Å².